The lowest BCUT2D eigenvalue weighted by atomic mass is 10.1. The second kappa shape index (κ2) is 6.67. The standard InChI is InChI=1S/C15H19FN2O3/c1-11-7-12(9-13(16)8-11)15(21)18-4-2-3-17(5-6-18)10-14(19)20/h7-9H,2-6,10H2,1H3,(H,19,20). The van der Waals surface area contributed by atoms with Crippen LogP contribution in [0.1, 0.15) is 22.3 Å². The zero-order chi connectivity index (χ0) is 15.4. The Balaban J connectivity index is 2.04. The van der Waals surface area contributed by atoms with Gasteiger partial charge in [-0.1, -0.05) is 0 Å². The molecular weight excluding hydrogens is 275 g/mol. The van der Waals surface area contributed by atoms with Gasteiger partial charge in [-0.05, 0) is 37.1 Å². The monoisotopic (exact) mass is 294 g/mol. The second-order valence-corrected chi connectivity index (χ2v) is 5.33. The zero-order valence-electron chi connectivity index (χ0n) is 12.0. The first kappa shape index (κ1) is 15.4. The van der Waals surface area contributed by atoms with E-state index < -0.39 is 11.8 Å². The van der Waals surface area contributed by atoms with Crippen molar-refractivity contribution < 1.29 is 19.1 Å². The lowest BCUT2D eigenvalue weighted by Crippen LogP contribution is -2.36. The molecular formula is C15H19FN2O3. The van der Waals surface area contributed by atoms with E-state index in [4.69, 9.17) is 5.11 Å². The number of carbonyl (C=O) groups is 2. The van der Waals surface area contributed by atoms with Crippen molar-refractivity contribution in [2.75, 3.05) is 32.7 Å². The average molecular weight is 294 g/mol. The molecule has 0 atom stereocenters. The van der Waals surface area contributed by atoms with Gasteiger partial charge in [0.15, 0.2) is 0 Å². The number of rotatable bonds is 3. The van der Waals surface area contributed by atoms with E-state index in [2.05, 4.69) is 0 Å². The highest BCUT2D eigenvalue weighted by Gasteiger charge is 2.21. The molecule has 5 nitrogen and oxygen atoms in total. The molecule has 1 N–H and O–H groups in total. The van der Waals surface area contributed by atoms with Gasteiger partial charge < -0.3 is 10.0 Å². The molecule has 0 radical (unpaired) electrons. The Morgan fingerprint density at radius 3 is 2.62 bits per heavy atom. The normalized spacial score (nSPS) is 16.6. The smallest absolute Gasteiger partial charge is 0.317 e. The molecule has 0 bridgehead atoms. The Kier molecular flexibility index (Phi) is 4.90. The van der Waals surface area contributed by atoms with Crippen molar-refractivity contribution in [2.24, 2.45) is 0 Å². The number of carboxylic acids is 1. The summed E-state index contributed by atoms with van der Waals surface area (Å²) in [5.74, 6) is -1.48. The van der Waals surface area contributed by atoms with E-state index in [0.717, 1.165) is 0 Å². The molecule has 21 heavy (non-hydrogen) atoms. The third-order valence-corrected chi connectivity index (χ3v) is 3.52. The topological polar surface area (TPSA) is 60.9 Å². The van der Waals surface area contributed by atoms with Crippen molar-refractivity contribution in [3.05, 3.63) is 35.1 Å². The molecule has 0 aliphatic carbocycles. The quantitative estimate of drug-likeness (QED) is 0.914. The Morgan fingerprint density at radius 1 is 1.19 bits per heavy atom. The van der Waals surface area contributed by atoms with Gasteiger partial charge in [0, 0.05) is 31.7 Å². The number of carboxylic acid groups (broad SMARTS) is 1. The van der Waals surface area contributed by atoms with Crippen LogP contribution in [-0.4, -0.2) is 59.5 Å². The van der Waals surface area contributed by atoms with Crippen molar-refractivity contribution in [3.63, 3.8) is 0 Å². The highest BCUT2D eigenvalue weighted by atomic mass is 19.1. The number of benzene rings is 1. The fourth-order valence-electron chi connectivity index (χ4n) is 2.57. The van der Waals surface area contributed by atoms with Gasteiger partial charge in [0.2, 0.25) is 0 Å². The van der Waals surface area contributed by atoms with E-state index in [1.165, 1.54) is 12.1 Å². The van der Waals surface area contributed by atoms with E-state index in [1.54, 1.807) is 17.9 Å². The number of amides is 1. The highest BCUT2D eigenvalue weighted by molar-refractivity contribution is 5.94. The molecule has 1 aromatic carbocycles. The predicted octanol–water partition coefficient (Wildman–Crippen LogP) is 1.37. The summed E-state index contributed by atoms with van der Waals surface area (Å²) < 4.78 is 13.4. The number of carbonyl (C=O) groups excluding carboxylic acids is 1. The van der Waals surface area contributed by atoms with Crippen LogP contribution < -0.4 is 0 Å². The molecule has 1 aliphatic heterocycles. The number of hydrogen-bond acceptors (Lipinski definition) is 3. The molecule has 1 amide bonds. The van der Waals surface area contributed by atoms with E-state index >= 15 is 0 Å². The van der Waals surface area contributed by atoms with Crippen LogP contribution in [0.4, 0.5) is 4.39 Å². The molecule has 1 aliphatic rings. The minimum absolute atomic E-state index is 0.0128. The summed E-state index contributed by atoms with van der Waals surface area (Å²) in [4.78, 5) is 26.6. The van der Waals surface area contributed by atoms with Crippen LogP contribution in [0, 0.1) is 12.7 Å². The SMILES string of the molecule is Cc1cc(F)cc(C(=O)N2CCCN(CC(=O)O)CC2)c1. The molecule has 1 aromatic rings. The van der Waals surface area contributed by atoms with Gasteiger partial charge in [0.05, 0.1) is 6.54 Å². The molecule has 1 saturated heterocycles. The fraction of sp³-hybridized carbons (Fsp3) is 0.467. The van der Waals surface area contributed by atoms with Crippen LogP contribution in [0.2, 0.25) is 0 Å². The average Bonchev–Trinajstić information content (AvgIpc) is 2.61. The lowest BCUT2D eigenvalue weighted by Gasteiger charge is -2.21. The molecule has 1 fully saturated rings. The van der Waals surface area contributed by atoms with Crippen LogP contribution >= 0.6 is 0 Å². The number of hydrogen-bond donors (Lipinski definition) is 1. The second-order valence-electron chi connectivity index (χ2n) is 5.33. The van der Waals surface area contributed by atoms with Crippen molar-refractivity contribution in [2.45, 2.75) is 13.3 Å². The molecule has 6 heteroatoms. The first-order valence-electron chi connectivity index (χ1n) is 6.96. The lowest BCUT2D eigenvalue weighted by molar-refractivity contribution is -0.138. The summed E-state index contributed by atoms with van der Waals surface area (Å²) in [7, 11) is 0. The van der Waals surface area contributed by atoms with Crippen LogP contribution in [-0.2, 0) is 4.79 Å². The molecule has 1 heterocycles. The van der Waals surface area contributed by atoms with Crippen LogP contribution in [0.25, 0.3) is 0 Å². The summed E-state index contributed by atoms with van der Waals surface area (Å²) >= 11 is 0. The van der Waals surface area contributed by atoms with E-state index in [0.29, 0.717) is 43.7 Å². The summed E-state index contributed by atoms with van der Waals surface area (Å²) in [6.07, 6.45) is 0.716. The van der Waals surface area contributed by atoms with Gasteiger partial charge in [-0.15, -0.1) is 0 Å². The van der Waals surface area contributed by atoms with Crippen LogP contribution in [0.15, 0.2) is 18.2 Å². The molecule has 0 unspecified atom stereocenters. The number of nitrogens with zero attached hydrogens (tertiary/aromatic N) is 2. The van der Waals surface area contributed by atoms with Crippen molar-refractivity contribution in [1.82, 2.24) is 9.80 Å². The molecule has 2 rings (SSSR count). The number of aliphatic carboxylic acids is 1. The molecule has 114 valence electrons. The van der Waals surface area contributed by atoms with E-state index in [9.17, 15) is 14.0 Å². The summed E-state index contributed by atoms with van der Waals surface area (Å²) in [5, 5.41) is 8.81. The van der Waals surface area contributed by atoms with Crippen LogP contribution in [0.5, 0.6) is 0 Å². The number of aryl methyl sites for hydroxylation is 1. The van der Waals surface area contributed by atoms with Crippen molar-refractivity contribution in [1.29, 1.82) is 0 Å². The van der Waals surface area contributed by atoms with Crippen LogP contribution in [0.3, 0.4) is 0 Å². The van der Waals surface area contributed by atoms with Gasteiger partial charge in [-0.25, -0.2) is 4.39 Å². The Hall–Kier alpha value is -1.95. The van der Waals surface area contributed by atoms with Gasteiger partial charge >= 0.3 is 5.97 Å². The third kappa shape index (κ3) is 4.26. The minimum Gasteiger partial charge on any atom is -0.480 e. The third-order valence-electron chi connectivity index (χ3n) is 3.52. The summed E-state index contributed by atoms with van der Waals surface area (Å²) in [5.41, 5.74) is 1.06. The maximum atomic E-state index is 13.4. The maximum Gasteiger partial charge on any atom is 0.317 e. The molecule has 0 aromatic heterocycles. The minimum atomic E-state index is -0.865. The Bertz CT molecular complexity index is 527. The summed E-state index contributed by atoms with van der Waals surface area (Å²) in [6, 6.07) is 4.30. The van der Waals surface area contributed by atoms with E-state index in [-0.39, 0.29) is 12.5 Å². The number of halogens is 1. The largest absolute Gasteiger partial charge is 0.480 e. The van der Waals surface area contributed by atoms with Gasteiger partial charge in [-0.3, -0.25) is 14.5 Å². The molecule has 0 saturated carbocycles. The first-order chi connectivity index (χ1) is 9.95. The maximum absolute atomic E-state index is 13.4. The van der Waals surface area contributed by atoms with Crippen molar-refractivity contribution in [3.8, 4) is 0 Å². The first-order valence-corrected chi connectivity index (χ1v) is 6.96. The zero-order valence-corrected chi connectivity index (χ0v) is 12.0. The predicted molar refractivity (Wildman–Crippen MR) is 75.7 cm³/mol. The fourth-order valence-corrected chi connectivity index (χ4v) is 2.57. The van der Waals surface area contributed by atoms with Gasteiger partial charge in [0.1, 0.15) is 5.82 Å². The Morgan fingerprint density at radius 2 is 1.95 bits per heavy atom. The molecule has 0 spiro atoms. The van der Waals surface area contributed by atoms with Crippen molar-refractivity contribution >= 4 is 11.9 Å². The summed E-state index contributed by atoms with van der Waals surface area (Å²) in [6.45, 7) is 3.93. The van der Waals surface area contributed by atoms with Gasteiger partial charge in [-0.2, -0.15) is 0 Å². The van der Waals surface area contributed by atoms with Gasteiger partial charge in [0.25, 0.3) is 5.91 Å². The highest BCUT2D eigenvalue weighted by Crippen LogP contribution is 2.13. The van der Waals surface area contributed by atoms with E-state index in [1.807, 2.05) is 4.90 Å². The Labute approximate surface area is 123 Å².